The second-order valence-electron chi connectivity index (χ2n) is 7.20. The van der Waals surface area contributed by atoms with Crippen molar-refractivity contribution in [1.82, 2.24) is 0 Å². The normalized spacial score (nSPS) is 12.6. The Labute approximate surface area is 181 Å². The van der Waals surface area contributed by atoms with E-state index < -0.39 is 11.6 Å². The molecule has 0 aliphatic heterocycles. The number of halogens is 1. The predicted molar refractivity (Wildman–Crippen MR) is 116 cm³/mol. The van der Waals surface area contributed by atoms with E-state index in [9.17, 15) is 10.1 Å². The maximum Gasteiger partial charge on any atom is 0.312 e. The third kappa shape index (κ3) is 4.82. The number of nitriles is 1. The second-order valence-corrected chi connectivity index (χ2v) is 7.61. The average Bonchev–Trinajstić information content (AvgIpc) is 2.75. The summed E-state index contributed by atoms with van der Waals surface area (Å²) in [7, 11) is 0. The Morgan fingerprint density at radius 3 is 2.27 bits per heavy atom. The Bertz CT molecular complexity index is 1040. The highest BCUT2D eigenvalue weighted by atomic mass is 35.5. The summed E-state index contributed by atoms with van der Waals surface area (Å²) < 4.78 is 11.7. The molecule has 0 bridgehead atoms. The van der Waals surface area contributed by atoms with E-state index in [0.717, 1.165) is 5.56 Å². The van der Waals surface area contributed by atoms with Gasteiger partial charge >= 0.3 is 5.97 Å². The van der Waals surface area contributed by atoms with Crippen molar-refractivity contribution in [2.45, 2.75) is 25.9 Å². The number of hydrogen-bond acceptors (Lipinski definition) is 4. The molecule has 0 saturated heterocycles. The van der Waals surface area contributed by atoms with Crippen molar-refractivity contribution in [2.24, 2.45) is 5.92 Å². The summed E-state index contributed by atoms with van der Waals surface area (Å²) in [5.41, 5.74) is -0.135. The van der Waals surface area contributed by atoms with E-state index in [2.05, 4.69) is 6.07 Å². The highest BCUT2D eigenvalue weighted by Crippen LogP contribution is 2.39. The van der Waals surface area contributed by atoms with Gasteiger partial charge in [0.15, 0.2) is 0 Å². The molecule has 3 rings (SSSR count). The number of para-hydroxylation sites is 1. The summed E-state index contributed by atoms with van der Waals surface area (Å²) in [6.45, 7) is 3.68. The van der Waals surface area contributed by atoms with Gasteiger partial charge in [-0.15, -0.1) is 0 Å². The first-order valence-electron chi connectivity index (χ1n) is 9.64. The summed E-state index contributed by atoms with van der Waals surface area (Å²) in [4.78, 5) is 12.7. The third-order valence-electron chi connectivity index (χ3n) is 4.78. The van der Waals surface area contributed by atoms with Crippen LogP contribution < -0.4 is 4.74 Å². The van der Waals surface area contributed by atoms with Crippen LogP contribution in [0.3, 0.4) is 0 Å². The molecule has 0 N–H and O–H groups in total. The molecule has 4 nitrogen and oxygen atoms in total. The van der Waals surface area contributed by atoms with Crippen molar-refractivity contribution in [3.63, 3.8) is 0 Å². The van der Waals surface area contributed by atoms with Crippen molar-refractivity contribution < 1.29 is 14.3 Å². The highest BCUT2D eigenvalue weighted by Gasteiger charge is 2.41. The average molecular weight is 420 g/mol. The molecular weight excluding hydrogens is 398 g/mol. The van der Waals surface area contributed by atoms with Crippen LogP contribution in [0.4, 0.5) is 0 Å². The third-order valence-corrected chi connectivity index (χ3v) is 5.09. The number of ether oxygens (including phenoxy) is 2. The maximum atomic E-state index is 12.7. The lowest BCUT2D eigenvalue weighted by molar-refractivity contribution is -0.158. The van der Waals surface area contributed by atoms with Crippen molar-refractivity contribution in [2.75, 3.05) is 0 Å². The molecule has 0 aromatic heterocycles. The molecule has 0 amide bonds. The van der Waals surface area contributed by atoms with Gasteiger partial charge in [0, 0.05) is 11.5 Å². The Kier molecular flexibility index (Phi) is 6.76. The molecule has 0 aliphatic carbocycles. The molecular formula is C25H22ClNO3. The largest absolute Gasteiger partial charge is 0.456 e. The molecule has 0 radical (unpaired) electrons. The van der Waals surface area contributed by atoms with E-state index in [1.165, 1.54) is 0 Å². The number of rotatable bonds is 7. The zero-order chi connectivity index (χ0) is 21.6. The number of carbonyl (C=O) groups excluding carboxylic acids is 1. The molecule has 0 aliphatic rings. The van der Waals surface area contributed by atoms with Crippen LogP contribution in [-0.4, -0.2) is 5.97 Å². The molecule has 152 valence electrons. The quantitative estimate of drug-likeness (QED) is 0.422. The van der Waals surface area contributed by atoms with E-state index in [4.69, 9.17) is 21.1 Å². The van der Waals surface area contributed by atoms with Crippen LogP contribution in [0.1, 0.15) is 25.0 Å². The molecule has 0 saturated carbocycles. The maximum absolute atomic E-state index is 12.7. The van der Waals surface area contributed by atoms with Crippen LogP contribution in [0.15, 0.2) is 78.9 Å². The van der Waals surface area contributed by atoms with Crippen LogP contribution in [0.5, 0.6) is 11.5 Å². The van der Waals surface area contributed by atoms with Gasteiger partial charge in [-0.2, -0.15) is 5.26 Å². The smallest absolute Gasteiger partial charge is 0.312 e. The number of esters is 1. The van der Waals surface area contributed by atoms with Gasteiger partial charge < -0.3 is 9.47 Å². The van der Waals surface area contributed by atoms with Gasteiger partial charge in [-0.05, 0) is 29.8 Å². The van der Waals surface area contributed by atoms with E-state index in [1.807, 2.05) is 74.5 Å². The molecule has 1 unspecified atom stereocenters. The summed E-state index contributed by atoms with van der Waals surface area (Å²) in [6, 6.07) is 25.7. The van der Waals surface area contributed by atoms with E-state index >= 15 is 0 Å². The van der Waals surface area contributed by atoms with Crippen molar-refractivity contribution >= 4 is 17.6 Å². The first kappa shape index (κ1) is 21.4. The molecule has 1 atom stereocenters. The Balaban J connectivity index is 1.92. The minimum absolute atomic E-state index is 0.0813. The second kappa shape index (κ2) is 9.47. The lowest BCUT2D eigenvalue weighted by Crippen LogP contribution is -2.37. The van der Waals surface area contributed by atoms with Crippen molar-refractivity contribution in [1.29, 1.82) is 5.26 Å². The Morgan fingerprint density at radius 2 is 1.67 bits per heavy atom. The monoisotopic (exact) mass is 419 g/mol. The number of benzene rings is 3. The van der Waals surface area contributed by atoms with E-state index in [1.54, 1.807) is 18.2 Å². The topological polar surface area (TPSA) is 59.3 Å². The van der Waals surface area contributed by atoms with Gasteiger partial charge in [-0.1, -0.05) is 80.0 Å². The van der Waals surface area contributed by atoms with Crippen LogP contribution in [0.2, 0.25) is 5.02 Å². The lowest BCUT2D eigenvalue weighted by atomic mass is 9.84. The van der Waals surface area contributed by atoms with Gasteiger partial charge in [-0.25, -0.2) is 0 Å². The first-order chi connectivity index (χ1) is 14.4. The van der Waals surface area contributed by atoms with Gasteiger partial charge in [0.1, 0.15) is 17.6 Å². The molecule has 30 heavy (non-hydrogen) atoms. The van der Waals surface area contributed by atoms with Gasteiger partial charge in [0.25, 0.3) is 0 Å². The number of carbonyl (C=O) groups is 1. The zero-order valence-corrected chi connectivity index (χ0v) is 17.6. The molecule has 0 heterocycles. The van der Waals surface area contributed by atoms with Crippen LogP contribution in [0.25, 0.3) is 0 Å². The molecule has 3 aromatic carbocycles. The first-order valence-corrected chi connectivity index (χ1v) is 10.0. The fourth-order valence-corrected chi connectivity index (χ4v) is 3.29. The molecule has 0 spiro atoms. The summed E-state index contributed by atoms with van der Waals surface area (Å²) >= 11 is 6.32. The zero-order valence-electron chi connectivity index (χ0n) is 16.8. The Hall–Kier alpha value is -3.29. The number of hydrogen-bond donors (Lipinski definition) is 0. The number of nitrogens with zero attached hydrogens (tertiary/aromatic N) is 1. The fraction of sp³-hybridized carbons (Fsp3) is 0.200. The summed E-state index contributed by atoms with van der Waals surface area (Å²) in [6.07, 6.45) is 0.0813. The SMILES string of the molecule is CC(C)C(C#N)(OC(=O)Cc1ccccc1)c1ccc(Cl)c(Oc2ccccc2)c1. The van der Waals surface area contributed by atoms with Gasteiger partial charge in [0.05, 0.1) is 11.4 Å². The standard InChI is InChI=1S/C25H22ClNO3/c1-18(2)25(17-27,30-24(28)15-19-9-5-3-6-10-19)20-13-14-22(26)23(16-20)29-21-11-7-4-8-12-21/h3-14,16,18H,15H2,1-2H3. The highest BCUT2D eigenvalue weighted by molar-refractivity contribution is 6.32. The predicted octanol–water partition coefficient (Wildman–Crippen LogP) is 6.29. The molecule has 3 aromatic rings. The van der Waals surface area contributed by atoms with Gasteiger partial charge in [-0.3, -0.25) is 4.79 Å². The molecule has 5 heteroatoms. The minimum atomic E-state index is -1.47. The van der Waals surface area contributed by atoms with E-state index in [0.29, 0.717) is 22.1 Å². The Morgan fingerprint density at radius 1 is 1.03 bits per heavy atom. The molecule has 0 fully saturated rings. The van der Waals surface area contributed by atoms with Crippen molar-refractivity contribution in [3.8, 4) is 17.6 Å². The van der Waals surface area contributed by atoms with E-state index in [-0.39, 0.29) is 12.3 Å². The minimum Gasteiger partial charge on any atom is -0.456 e. The summed E-state index contributed by atoms with van der Waals surface area (Å²) in [5.74, 6) is 0.231. The van der Waals surface area contributed by atoms with Crippen LogP contribution >= 0.6 is 11.6 Å². The van der Waals surface area contributed by atoms with Gasteiger partial charge in [0.2, 0.25) is 5.60 Å². The van der Waals surface area contributed by atoms with Crippen LogP contribution in [-0.2, 0) is 21.6 Å². The van der Waals surface area contributed by atoms with Crippen LogP contribution in [0, 0.1) is 17.2 Å². The lowest BCUT2D eigenvalue weighted by Gasteiger charge is -2.31. The fourth-order valence-electron chi connectivity index (χ4n) is 3.13. The summed E-state index contributed by atoms with van der Waals surface area (Å²) in [5, 5.41) is 10.5. The van der Waals surface area contributed by atoms with Crippen molar-refractivity contribution in [3.05, 3.63) is 95.0 Å².